The average molecular weight is 273 g/mol. The fourth-order valence-electron chi connectivity index (χ4n) is 1.71. The Labute approximate surface area is 113 Å². The molecular weight excluding hydrogens is 250 g/mol. The Morgan fingerprint density at radius 2 is 1.89 bits per heavy atom. The third kappa shape index (κ3) is 6.08. The number of hydrogen-bond acceptors (Lipinski definition) is 3. The molecule has 0 saturated carbocycles. The number of amides is 3. The van der Waals surface area contributed by atoms with E-state index in [0.717, 1.165) is 0 Å². The van der Waals surface area contributed by atoms with Crippen molar-refractivity contribution in [3.63, 3.8) is 0 Å². The Morgan fingerprint density at radius 1 is 1.32 bits per heavy atom. The fraction of sp³-hybridized carbons (Fsp3) is 0.750. The third-order valence-electron chi connectivity index (χ3n) is 2.87. The van der Waals surface area contributed by atoms with Crippen LogP contribution in [-0.4, -0.2) is 66.0 Å². The Balaban J connectivity index is 4.48. The molecule has 0 aromatic carbocycles. The van der Waals surface area contributed by atoms with Crippen LogP contribution in [0.1, 0.15) is 26.7 Å². The van der Waals surface area contributed by atoms with E-state index in [0.29, 0.717) is 13.1 Å². The molecule has 1 atom stereocenters. The molecule has 0 heterocycles. The van der Waals surface area contributed by atoms with Crippen LogP contribution in [0.25, 0.3) is 0 Å². The highest BCUT2D eigenvalue weighted by Gasteiger charge is 2.23. The van der Waals surface area contributed by atoms with E-state index in [1.54, 1.807) is 20.9 Å². The van der Waals surface area contributed by atoms with Crippen LogP contribution in [-0.2, 0) is 9.59 Å². The molecule has 0 saturated heterocycles. The first-order valence-electron chi connectivity index (χ1n) is 6.27. The topological polar surface area (TPSA) is 90.0 Å². The number of carboxylic acid groups (broad SMARTS) is 1. The first-order chi connectivity index (χ1) is 8.83. The van der Waals surface area contributed by atoms with E-state index in [4.69, 9.17) is 5.11 Å². The molecule has 0 aliphatic heterocycles. The molecule has 2 N–H and O–H groups in total. The number of carbonyl (C=O) groups excluding carboxylic acids is 2. The summed E-state index contributed by atoms with van der Waals surface area (Å²) >= 11 is 0. The number of aliphatic carboxylic acids is 1. The summed E-state index contributed by atoms with van der Waals surface area (Å²) in [6, 6.07) is -0.641. The van der Waals surface area contributed by atoms with Crippen molar-refractivity contribution in [2.45, 2.75) is 32.7 Å². The van der Waals surface area contributed by atoms with Gasteiger partial charge in [0, 0.05) is 39.6 Å². The van der Waals surface area contributed by atoms with Crippen molar-refractivity contribution in [2.75, 3.05) is 27.2 Å². The number of hydrogen-bond donors (Lipinski definition) is 2. The SMILES string of the molecule is CCN(C(=O)N(C)CCC(=O)NC)C(C)CC(=O)O. The zero-order chi connectivity index (χ0) is 15.0. The molecule has 0 aromatic heterocycles. The van der Waals surface area contributed by atoms with Gasteiger partial charge in [-0.15, -0.1) is 0 Å². The Hall–Kier alpha value is -1.79. The summed E-state index contributed by atoms with van der Waals surface area (Å²) in [6.07, 6.45) is 0.131. The molecule has 7 nitrogen and oxygen atoms in total. The van der Waals surface area contributed by atoms with Gasteiger partial charge < -0.3 is 20.2 Å². The zero-order valence-corrected chi connectivity index (χ0v) is 12.0. The molecule has 7 heteroatoms. The van der Waals surface area contributed by atoms with Gasteiger partial charge >= 0.3 is 12.0 Å². The number of carboxylic acids is 1. The molecule has 0 fully saturated rings. The third-order valence-corrected chi connectivity index (χ3v) is 2.87. The summed E-state index contributed by atoms with van der Waals surface area (Å²) in [5, 5.41) is 11.2. The highest BCUT2D eigenvalue weighted by Crippen LogP contribution is 2.07. The normalized spacial score (nSPS) is 11.6. The number of nitrogens with zero attached hydrogens (tertiary/aromatic N) is 2. The zero-order valence-electron chi connectivity index (χ0n) is 12.0. The van der Waals surface area contributed by atoms with Crippen LogP contribution < -0.4 is 5.32 Å². The maximum absolute atomic E-state index is 12.1. The fourth-order valence-corrected chi connectivity index (χ4v) is 1.71. The second kappa shape index (κ2) is 8.34. The lowest BCUT2D eigenvalue weighted by molar-refractivity contribution is -0.138. The summed E-state index contributed by atoms with van der Waals surface area (Å²) in [6.45, 7) is 4.22. The molecule has 0 rings (SSSR count). The van der Waals surface area contributed by atoms with E-state index >= 15 is 0 Å². The average Bonchev–Trinajstić information content (AvgIpc) is 2.35. The summed E-state index contributed by atoms with van der Waals surface area (Å²) in [5.41, 5.74) is 0. The van der Waals surface area contributed by atoms with Crippen molar-refractivity contribution >= 4 is 17.9 Å². The summed E-state index contributed by atoms with van der Waals surface area (Å²) in [4.78, 5) is 36.8. The number of carbonyl (C=O) groups is 3. The van der Waals surface area contributed by atoms with Gasteiger partial charge in [0.2, 0.25) is 5.91 Å². The van der Waals surface area contributed by atoms with Crippen LogP contribution in [0.4, 0.5) is 4.79 Å². The lowest BCUT2D eigenvalue weighted by atomic mass is 10.2. The summed E-state index contributed by atoms with van der Waals surface area (Å²) in [5.74, 6) is -1.08. The summed E-state index contributed by atoms with van der Waals surface area (Å²) in [7, 11) is 3.14. The van der Waals surface area contributed by atoms with Crippen molar-refractivity contribution in [1.29, 1.82) is 0 Å². The lowest BCUT2D eigenvalue weighted by Gasteiger charge is -2.31. The van der Waals surface area contributed by atoms with Gasteiger partial charge in [0.05, 0.1) is 6.42 Å². The molecule has 0 aromatic rings. The Bertz CT molecular complexity index is 333. The quantitative estimate of drug-likeness (QED) is 0.700. The van der Waals surface area contributed by atoms with E-state index in [9.17, 15) is 14.4 Å². The number of urea groups is 1. The second-order valence-electron chi connectivity index (χ2n) is 4.36. The maximum atomic E-state index is 12.1. The van der Waals surface area contributed by atoms with Crippen molar-refractivity contribution in [2.24, 2.45) is 0 Å². The standard InChI is InChI=1S/C12H23N3O4/c1-5-15(9(2)8-11(17)18)12(19)14(4)7-6-10(16)13-3/h9H,5-8H2,1-4H3,(H,13,16)(H,17,18). The minimum Gasteiger partial charge on any atom is -0.481 e. The molecular formula is C12H23N3O4. The number of rotatable bonds is 7. The first-order valence-corrected chi connectivity index (χ1v) is 6.27. The molecule has 0 spiro atoms. The van der Waals surface area contributed by atoms with Crippen molar-refractivity contribution < 1.29 is 19.5 Å². The van der Waals surface area contributed by atoms with Gasteiger partial charge in [0.25, 0.3) is 0 Å². The van der Waals surface area contributed by atoms with Gasteiger partial charge in [-0.05, 0) is 13.8 Å². The molecule has 19 heavy (non-hydrogen) atoms. The number of nitrogens with one attached hydrogen (secondary N) is 1. The van der Waals surface area contributed by atoms with E-state index in [1.807, 2.05) is 0 Å². The van der Waals surface area contributed by atoms with Crippen molar-refractivity contribution in [3.05, 3.63) is 0 Å². The van der Waals surface area contributed by atoms with E-state index in [2.05, 4.69) is 5.32 Å². The molecule has 0 bridgehead atoms. The van der Waals surface area contributed by atoms with Crippen molar-refractivity contribution in [1.82, 2.24) is 15.1 Å². The Kier molecular flexibility index (Phi) is 7.55. The lowest BCUT2D eigenvalue weighted by Crippen LogP contribution is -2.47. The van der Waals surface area contributed by atoms with Gasteiger partial charge in [0.15, 0.2) is 0 Å². The van der Waals surface area contributed by atoms with Gasteiger partial charge in [0.1, 0.15) is 0 Å². The molecule has 0 aliphatic carbocycles. The van der Waals surface area contributed by atoms with Crippen LogP contribution in [0.2, 0.25) is 0 Å². The maximum Gasteiger partial charge on any atom is 0.319 e. The van der Waals surface area contributed by atoms with Crippen molar-refractivity contribution in [3.8, 4) is 0 Å². The van der Waals surface area contributed by atoms with Crippen LogP contribution in [0, 0.1) is 0 Å². The van der Waals surface area contributed by atoms with E-state index in [-0.39, 0.29) is 30.8 Å². The monoisotopic (exact) mass is 273 g/mol. The van der Waals surface area contributed by atoms with Crippen LogP contribution >= 0.6 is 0 Å². The molecule has 0 aliphatic rings. The van der Waals surface area contributed by atoms with E-state index in [1.165, 1.54) is 16.8 Å². The Morgan fingerprint density at radius 3 is 2.32 bits per heavy atom. The molecule has 3 amide bonds. The van der Waals surface area contributed by atoms with Gasteiger partial charge in [-0.25, -0.2) is 4.79 Å². The first kappa shape index (κ1) is 17.2. The minimum absolute atomic E-state index is 0.0944. The second-order valence-corrected chi connectivity index (χ2v) is 4.36. The highest BCUT2D eigenvalue weighted by molar-refractivity contribution is 5.78. The van der Waals surface area contributed by atoms with Gasteiger partial charge in [-0.3, -0.25) is 9.59 Å². The molecule has 1 unspecified atom stereocenters. The smallest absolute Gasteiger partial charge is 0.319 e. The highest BCUT2D eigenvalue weighted by atomic mass is 16.4. The molecule has 0 radical (unpaired) electrons. The predicted octanol–water partition coefficient (Wildman–Crippen LogP) is 0.359. The van der Waals surface area contributed by atoms with Gasteiger partial charge in [-0.1, -0.05) is 0 Å². The summed E-state index contributed by atoms with van der Waals surface area (Å²) < 4.78 is 0. The molecule has 110 valence electrons. The van der Waals surface area contributed by atoms with Crippen LogP contribution in [0.5, 0.6) is 0 Å². The predicted molar refractivity (Wildman–Crippen MR) is 70.8 cm³/mol. The van der Waals surface area contributed by atoms with Crippen LogP contribution in [0.3, 0.4) is 0 Å². The van der Waals surface area contributed by atoms with Crippen LogP contribution in [0.15, 0.2) is 0 Å². The minimum atomic E-state index is -0.938. The van der Waals surface area contributed by atoms with Gasteiger partial charge in [-0.2, -0.15) is 0 Å². The largest absolute Gasteiger partial charge is 0.481 e. The van der Waals surface area contributed by atoms with E-state index < -0.39 is 5.97 Å².